The van der Waals surface area contributed by atoms with Gasteiger partial charge in [0.25, 0.3) is 0 Å². The summed E-state index contributed by atoms with van der Waals surface area (Å²) >= 11 is 1.66. The number of nitrogens with zero attached hydrogens (tertiary/aromatic N) is 5. The second-order valence-electron chi connectivity index (χ2n) is 4.71. The van der Waals surface area contributed by atoms with Crippen LogP contribution in [-0.4, -0.2) is 66.9 Å². The largest absolute Gasteiger partial charge is 0.354 e. The van der Waals surface area contributed by atoms with Gasteiger partial charge in [-0.2, -0.15) is 15.0 Å². The molecule has 0 aromatic carbocycles. The van der Waals surface area contributed by atoms with E-state index in [1.165, 1.54) is 0 Å². The zero-order valence-electron chi connectivity index (χ0n) is 12.5. The standard InChI is InChI=1S/C12H24N6S/c1-6-7-13-10-14-11(18(4)5)16-12(15-10)19-9-8-17(2)3/h6-9H2,1-5H3,(H,13,14,15,16). The van der Waals surface area contributed by atoms with Gasteiger partial charge < -0.3 is 15.1 Å². The van der Waals surface area contributed by atoms with E-state index in [1.54, 1.807) is 11.8 Å². The fraction of sp³-hybridized carbons (Fsp3) is 0.750. The fourth-order valence-corrected chi connectivity index (χ4v) is 2.18. The number of hydrogen-bond acceptors (Lipinski definition) is 7. The minimum Gasteiger partial charge on any atom is -0.354 e. The Morgan fingerprint density at radius 1 is 1.11 bits per heavy atom. The Hall–Kier alpha value is -1.08. The molecule has 0 atom stereocenters. The van der Waals surface area contributed by atoms with E-state index in [9.17, 15) is 0 Å². The summed E-state index contributed by atoms with van der Waals surface area (Å²) in [5.74, 6) is 2.32. The maximum absolute atomic E-state index is 4.45. The Balaban J connectivity index is 2.74. The van der Waals surface area contributed by atoms with E-state index >= 15 is 0 Å². The molecule has 0 bridgehead atoms. The molecule has 1 rings (SSSR count). The summed E-state index contributed by atoms with van der Waals surface area (Å²) in [6, 6.07) is 0. The summed E-state index contributed by atoms with van der Waals surface area (Å²) in [6.07, 6.45) is 1.05. The van der Waals surface area contributed by atoms with E-state index in [4.69, 9.17) is 0 Å². The molecule has 0 fully saturated rings. The lowest BCUT2D eigenvalue weighted by Gasteiger charge is -2.13. The highest BCUT2D eigenvalue weighted by Gasteiger charge is 2.08. The lowest BCUT2D eigenvalue weighted by atomic mass is 10.5. The molecule has 1 N–H and O–H groups in total. The molecule has 0 aliphatic rings. The molecule has 0 spiro atoms. The van der Waals surface area contributed by atoms with Crippen molar-refractivity contribution in [1.29, 1.82) is 0 Å². The van der Waals surface area contributed by atoms with Gasteiger partial charge >= 0.3 is 0 Å². The van der Waals surface area contributed by atoms with E-state index in [0.29, 0.717) is 11.9 Å². The van der Waals surface area contributed by atoms with E-state index in [2.05, 4.69) is 46.2 Å². The molecule has 7 heteroatoms. The SMILES string of the molecule is CCCNc1nc(SCCN(C)C)nc(N(C)C)n1. The first-order chi connectivity index (χ1) is 9.02. The van der Waals surface area contributed by atoms with Crippen LogP contribution in [0.15, 0.2) is 5.16 Å². The molecule has 0 aliphatic heterocycles. The third-order valence-corrected chi connectivity index (χ3v) is 3.13. The molecule has 19 heavy (non-hydrogen) atoms. The van der Waals surface area contributed by atoms with E-state index in [0.717, 1.165) is 30.4 Å². The number of aromatic nitrogens is 3. The van der Waals surface area contributed by atoms with E-state index in [-0.39, 0.29) is 0 Å². The van der Waals surface area contributed by atoms with Crippen LogP contribution in [0.2, 0.25) is 0 Å². The van der Waals surface area contributed by atoms with Gasteiger partial charge in [0.05, 0.1) is 0 Å². The lowest BCUT2D eigenvalue weighted by Crippen LogP contribution is -2.17. The van der Waals surface area contributed by atoms with Gasteiger partial charge in [0.2, 0.25) is 11.9 Å². The fourth-order valence-electron chi connectivity index (χ4n) is 1.25. The Labute approximate surface area is 120 Å². The molecule has 1 heterocycles. The third kappa shape index (κ3) is 6.07. The van der Waals surface area contributed by atoms with Gasteiger partial charge in [-0.1, -0.05) is 18.7 Å². The molecule has 108 valence electrons. The van der Waals surface area contributed by atoms with E-state index < -0.39 is 0 Å². The van der Waals surface area contributed by atoms with Crippen molar-refractivity contribution < 1.29 is 0 Å². The maximum atomic E-state index is 4.45. The van der Waals surface area contributed by atoms with Crippen molar-refractivity contribution in [2.45, 2.75) is 18.5 Å². The minimum atomic E-state index is 0.660. The van der Waals surface area contributed by atoms with Crippen molar-refractivity contribution in [2.75, 3.05) is 57.2 Å². The van der Waals surface area contributed by atoms with Gasteiger partial charge in [0, 0.05) is 32.9 Å². The second-order valence-corrected chi connectivity index (χ2v) is 5.78. The smallest absolute Gasteiger partial charge is 0.230 e. The molecule has 1 aromatic rings. The number of nitrogens with one attached hydrogen (secondary N) is 1. The number of hydrogen-bond donors (Lipinski definition) is 1. The molecule has 0 unspecified atom stereocenters. The van der Waals surface area contributed by atoms with Crippen LogP contribution in [0.3, 0.4) is 0 Å². The van der Waals surface area contributed by atoms with Crippen LogP contribution in [0.5, 0.6) is 0 Å². The highest BCUT2D eigenvalue weighted by Crippen LogP contribution is 2.17. The van der Waals surface area contributed by atoms with Crippen molar-refractivity contribution in [1.82, 2.24) is 19.9 Å². The molecule has 0 radical (unpaired) electrons. The summed E-state index contributed by atoms with van der Waals surface area (Å²) < 4.78 is 0. The first-order valence-corrected chi connectivity index (χ1v) is 7.46. The van der Waals surface area contributed by atoms with E-state index in [1.807, 2.05) is 19.0 Å². The predicted octanol–water partition coefficient (Wildman–Crippen LogP) is 1.41. The molecular weight excluding hydrogens is 260 g/mol. The van der Waals surface area contributed by atoms with Crippen LogP contribution in [0.4, 0.5) is 11.9 Å². The number of thioether (sulfide) groups is 1. The maximum Gasteiger partial charge on any atom is 0.230 e. The first kappa shape index (κ1) is 16.0. The summed E-state index contributed by atoms with van der Waals surface area (Å²) in [6.45, 7) is 4.00. The van der Waals surface area contributed by atoms with Crippen LogP contribution in [0.25, 0.3) is 0 Å². The van der Waals surface area contributed by atoms with Crippen molar-refractivity contribution in [3.8, 4) is 0 Å². The lowest BCUT2D eigenvalue weighted by molar-refractivity contribution is 0.437. The quantitative estimate of drug-likeness (QED) is 0.724. The predicted molar refractivity (Wildman–Crippen MR) is 82.2 cm³/mol. The zero-order valence-corrected chi connectivity index (χ0v) is 13.3. The molecular formula is C12H24N6S. The number of rotatable bonds is 8. The van der Waals surface area contributed by atoms with Gasteiger partial charge in [-0.15, -0.1) is 0 Å². The molecule has 0 saturated carbocycles. The summed E-state index contributed by atoms with van der Waals surface area (Å²) in [4.78, 5) is 17.3. The van der Waals surface area contributed by atoms with Crippen molar-refractivity contribution in [3.63, 3.8) is 0 Å². The minimum absolute atomic E-state index is 0.660. The molecule has 1 aromatic heterocycles. The van der Waals surface area contributed by atoms with Gasteiger partial charge in [-0.25, -0.2) is 0 Å². The average molecular weight is 284 g/mol. The van der Waals surface area contributed by atoms with Crippen LogP contribution in [0.1, 0.15) is 13.3 Å². The zero-order chi connectivity index (χ0) is 14.3. The van der Waals surface area contributed by atoms with Crippen LogP contribution >= 0.6 is 11.8 Å². The van der Waals surface area contributed by atoms with Crippen molar-refractivity contribution in [2.24, 2.45) is 0 Å². The van der Waals surface area contributed by atoms with Crippen molar-refractivity contribution >= 4 is 23.7 Å². The molecule has 0 amide bonds. The Bertz CT molecular complexity index is 382. The van der Waals surface area contributed by atoms with Gasteiger partial charge in [-0.05, 0) is 20.5 Å². The summed E-state index contributed by atoms with van der Waals surface area (Å²) in [7, 11) is 8.00. The molecule has 6 nitrogen and oxygen atoms in total. The normalized spacial score (nSPS) is 10.8. The molecule has 0 aliphatic carbocycles. The van der Waals surface area contributed by atoms with Crippen LogP contribution in [-0.2, 0) is 0 Å². The summed E-state index contributed by atoms with van der Waals surface area (Å²) in [5.41, 5.74) is 0. The van der Waals surface area contributed by atoms with Gasteiger partial charge in [-0.3, -0.25) is 0 Å². The van der Waals surface area contributed by atoms with Gasteiger partial charge in [0.1, 0.15) is 0 Å². The Kier molecular flexibility index (Phi) is 6.86. The Morgan fingerprint density at radius 3 is 2.42 bits per heavy atom. The van der Waals surface area contributed by atoms with Crippen LogP contribution < -0.4 is 10.2 Å². The molecule has 0 saturated heterocycles. The topological polar surface area (TPSA) is 57.2 Å². The third-order valence-electron chi connectivity index (χ3n) is 2.31. The number of anilines is 2. The highest BCUT2D eigenvalue weighted by molar-refractivity contribution is 7.99. The Morgan fingerprint density at radius 2 is 1.84 bits per heavy atom. The average Bonchev–Trinajstić information content (AvgIpc) is 2.35. The second kappa shape index (κ2) is 8.16. The van der Waals surface area contributed by atoms with Crippen LogP contribution in [0, 0.1) is 0 Å². The van der Waals surface area contributed by atoms with Crippen molar-refractivity contribution in [3.05, 3.63) is 0 Å². The van der Waals surface area contributed by atoms with Gasteiger partial charge in [0.15, 0.2) is 5.16 Å². The summed E-state index contributed by atoms with van der Waals surface area (Å²) in [5, 5.41) is 3.99. The highest BCUT2D eigenvalue weighted by atomic mass is 32.2. The first-order valence-electron chi connectivity index (χ1n) is 6.47. The monoisotopic (exact) mass is 284 g/mol.